The van der Waals surface area contributed by atoms with E-state index in [0.29, 0.717) is 6.42 Å². The largest absolute Gasteiger partial charge is 0.348 e. The highest BCUT2D eigenvalue weighted by molar-refractivity contribution is 9.10. The summed E-state index contributed by atoms with van der Waals surface area (Å²) in [5.41, 5.74) is 0.939. The molecule has 1 aliphatic heterocycles. The summed E-state index contributed by atoms with van der Waals surface area (Å²) in [5, 5.41) is 2.87. The molecule has 1 atom stereocenters. The lowest BCUT2D eigenvalue weighted by Gasteiger charge is -2.08. The van der Waals surface area contributed by atoms with Gasteiger partial charge in [-0.05, 0) is 34.5 Å². The second kappa shape index (κ2) is 3.46. The van der Waals surface area contributed by atoms with Gasteiger partial charge in [-0.1, -0.05) is 0 Å². The Hall–Kier alpha value is -0.900. The van der Waals surface area contributed by atoms with E-state index >= 15 is 0 Å². The maximum absolute atomic E-state index is 10.9. The van der Waals surface area contributed by atoms with E-state index in [4.69, 9.17) is 0 Å². The van der Waals surface area contributed by atoms with E-state index in [9.17, 15) is 4.79 Å². The molecule has 68 valence electrons. The van der Waals surface area contributed by atoms with Crippen LogP contribution in [0.2, 0.25) is 0 Å². The predicted molar refractivity (Wildman–Crippen MR) is 52.1 cm³/mol. The van der Waals surface area contributed by atoms with Crippen LogP contribution in [-0.4, -0.2) is 10.9 Å². The number of nitrogens with zero attached hydrogens (tertiary/aromatic N) is 1. The van der Waals surface area contributed by atoms with Crippen molar-refractivity contribution in [2.75, 3.05) is 0 Å². The molecule has 0 radical (unpaired) electrons. The summed E-state index contributed by atoms with van der Waals surface area (Å²) >= 11 is 3.32. The van der Waals surface area contributed by atoms with Gasteiger partial charge in [-0.2, -0.15) is 0 Å². The van der Waals surface area contributed by atoms with Gasteiger partial charge in [0.25, 0.3) is 0 Å². The number of aromatic nitrogens is 1. The fourth-order valence-electron chi connectivity index (χ4n) is 1.43. The minimum atomic E-state index is 0.112. The molecular formula is C9H9BrN2O. The van der Waals surface area contributed by atoms with Crippen LogP contribution in [0, 0.1) is 0 Å². The summed E-state index contributed by atoms with van der Waals surface area (Å²) in [5.74, 6) is 0.120. The lowest BCUT2D eigenvalue weighted by molar-refractivity contribution is -0.119. The number of carbonyl (C=O) groups is 1. The van der Waals surface area contributed by atoms with Crippen LogP contribution >= 0.6 is 15.9 Å². The van der Waals surface area contributed by atoms with Crippen molar-refractivity contribution in [2.45, 2.75) is 18.9 Å². The average molecular weight is 241 g/mol. The summed E-state index contributed by atoms with van der Waals surface area (Å²) in [7, 11) is 0. The maximum atomic E-state index is 10.9. The van der Waals surface area contributed by atoms with E-state index in [0.717, 1.165) is 16.6 Å². The number of nitrogens with one attached hydrogen (secondary N) is 1. The molecule has 0 spiro atoms. The van der Waals surface area contributed by atoms with Crippen molar-refractivity contribution < 1.29 is 4.79 Å². The van der Waals surface area contributed by atoms with Gasteiger partial charge < -0.3 is 5.32 Å². The molecule has 4 heteroatoms. The first-order valence-electron chi connectivity index (χ1n) is 4.16. The Balaban J connectivity index is 2.17. The third-order valence-electron chi connectivity index (χ3n) is 2.10. The van der Waals surface area contributed by atoms with E-state index in [1.165, 1.54) is 0 Å². The Bertz CT molecular complexity index is 323. The Morgan fingerprint density at radius 1 is 1.54 bits per heavy atom. The lowest BCUT2D eigenvalue weighted by Crippen LogP contribution is -2.18. The number of rotatable bonds is 1. The van der Waals surface area contributed by atoms with Gasteiger partial charge in [0.05, 0.1) is 11.7 Å². The molecule has 1 N–H and O–H groups in total. The zero-order valence-electron chi connectivity index (χ0n) is 6.96. The minimum absolute atomic E-state index is 0.112. The first-order chi connectivity index (χ1) is 6.25. The van der Waals surface area contributed by atoms with Gasteiger partial charge in [0.1, 0.15) is 0 Å². The molecule has 1 saturated heterocycles. The Kier molecular flexibility index (Phi) is 2.31. The molecule has 3 nitrogen and oxygen atoms in total. The van der Waals surface area contributed by atoms with E-state index in [1.54, 1.807) is 6.20 Å². The molecule has 1 aliphatic rings. The van der Waals surface area contributed by atoms with Crippen molar-refractivity contribution >= 4 is 21.8 Å². The number of hydrogen-bond acceptors (Lipinski definition) is 2. The molecule has 1 aromatic heterocycles. The van der Waals surface area contributed by atoms with Crippen LogP contribution in [0.3, 0.4) is 0 Å². The summed E-state index contributed by atoms with van der Waals surface area (Å²) < 4.78 is 0.959. The molecule has 1 fully saturated rings. The Morgan fingerprint density at radius 2 is 2.38 bits per heavy atom. The number of hydrogen-bond donors (Lipinski definition) is 1. The predicted octanol–water partition coefficient (Wildman–Crippen LogP) is 1.80. The minimum Gasteiger partial charge on any atom is -0.348 e. The zero-order chi connectivity index (χ0) is 9.26. The van der Waals surface area contributed by atoms with E-state index < -0.39 is 0 Å². The van der Waals surface area contributed by atoms with Crippen LogP contribution in [0.5, 0.6) is 0 Å². The number of pyridine rings is 1. The highest BCUT2D eigenvalue weighted by Crippen LogP contribution is 2.22. The SMILES string of the molecule is O=C1CCC(c2ccc(Br)cn2)N1. The monoisotopic (exact) mass is 240 g/mol. The molecule has 0 aliphatic carbocycles. The molecule has 2 heterocycles. The van der Waals surface area contributed by atoms with Gasteiger partial charge in [0, 0.05) is 17.1 Å². The van der Waals surface area contributed by atoms with Crippen molar-refractivity contribution in [2.24, 2.45) is 0 Å². The summed E-state index contributed by atoms with van der Waals surface area (Å²) in [6.45, 7) is 0. The summed E-state index contributed by atoms with van der Waals surface area (Å²) in [6.07, 6.45) is 3.22. The summed E-state index contributed by atoms with van der Waals surface area (Å²) in [4.78, 5) is 15.2. The van der Waals surface area contributed by atoms with Crippen molar-refractivity contribution in [1.29, 1.82) is 0 Å². The van der Waals surface area contributed by atoms with Crippen LogP contribution in [0.4, 0.5) is 0 Å². The fourth-order valence-corrected chi connectivity index (χ4v) is 1.66. The Morgan fingerprint density at radius 3 is 2.92 bits per heavy atom. The second-order valence-corrected chi connectivity index (χ2v) is 3.98. The van der Waals surface area contributed by atoms with Gasteiger partial charge in [-0.15, -0.1) is 0 Å². The van der Waals surface area contributed by atoms with Crippen LogP contribution in [0.25, 0.3) is 0 Å². The van der Waals surface area contributed by atoms with Gasteiger partial charge >= 0.3 is 0 Å². The zero-order valence-corrected chi connectivity index (χ0v) is 8.54. The molecule has 13 heavy (non-hydrogen) atoms. The Labute approximate surface area is 84.7 Å². The number of halogens is 1. The highest BCUT2D eigenvalue weighted by atomic mass is 79.9. The smallest absolute Gasteiger partial charge is 0.220 e. The van der Waals surface area contributed by atoms with E-state index in [-0.39, 0.29) is 11.9 Å². The quantitative estimate of drug-likeness (QED) is 0.814. The standard InChI is InChI=1S/C9H9BrN2O/c10-6-1-2-7(11-5-6)8-3-4-9(13)12-8/h1-2,5,8H,3-4H2,(H,12,13). The molecule has 0 bridgehead atoms. The van der Waals surface area contributed by atoms with Crippen LogP contribution in [0.15, 0.2) is 22.8 Å². The van der Waals surface area contributed by atoms with Gasteiger partial charge in [-0.3, -0.25) is 9.78 Å². The number of amides is 1. The highest BCUT2D eigenvalue weighted by Gasteiger charge is 2.22. The first kappa shape index (κ1) is 8.69. The first-order valence-corrected chi connectivity index (χ1v) is 4.96. The molecule has 0 saturated carbocycles. The van der Waals surface area contributed by atoms with Crippen molar-refractivity contribution in [3.63, 3.8) is 0 Å². The molecule has 2 rings (SSSR count). The summed E-state index contributed by atoms with van der Waals surface area (Å²) in [6, 6.07) is 3.98. The van der Waals surface area contributed by atoms with E-state index in [2.05, 4.69) is 26.2 Å². The van der Waals surface area contributed by atoms with Crippen LogP contribution < -0.4 is 5.32 Å². The molecule has 1 aromatic rings. The number of carbonyl (C=O) groups excluding carboxylic acids is 1. The third kappa shape index (κ3) is 1.88. The van der Waals surface area contributed by atoms with Crippen LogP contribution in [0.1, 0.15) is 24.6 Å². The average Bonchev–Trinajstić information content (AvgIpc) is 2.53. The lowest BCUT2D eigenvalue weighted by atomic mass is 10.1. The fraction of sp³-hybridized carbons (Fsp3) is 0.333. The van der Waals surface area contributed by atoms with E-state index in [1.807, 2.05) is 12.1 Å². The van der Waals surface area contributed by atoms with Gasteiger partial charge in [0.15, 0.2) is 0 Å². The molecule has 1 amide bonds. The maximum Gasteiger partial charge on any atom is 0.220 e. The molecule has 0 aromatic carbocycles. The van der Waals surface area contributed by atoms with Crippen molar-refractivity contribution in [3.8, 4) is 0 Å². The third-order valence-corrected chi connectivity index (χ3v) is 2.57. The van der Waals surface area contributed by atoms with Crippen molar-refractivity contribution in [1.82, 2.24) is 10.3 Å². The van der Waals surface area contributed by atoms with Crippen LogP contribution in [-0.2, 0) is 4.79 Å². The molecular weight excluding hydrogens is 232 g/mol. The molecule has 1 unspecified atom stereocenters. The second-order valence-electron chi connectivity index (χ2n) is 3.06. The normalized spacial score (nSPS) is 21.6. The van der Waals surface area contributed by atoms with Gasteiger partial charge in [0.2, 0.25) is 5.91 Å². The topological polar surface area (TPSA) is 42.0 Å². The van der Waals surface area contributed by atoms with Crippen molar-refractivity contribution in [3.05, 3.63) is 28.5 Å². The van der Waals surface area contributed by atoms with Gasteiger partial charge in [-0.25, -0.2) is 0 Å².